The van der Waals surface area contributed by atoms with Crippen molar-refractivity contribution in [1.82, 2.24) is 30.0 Å². The summed E-state index contributed by atoms with van der Waals surface area (Å²) in [7, 11) is 0. The van der Waals surface area contributed by atoms with Gasteiger partial charge in [0.15, 0.2) is 5.65 Å². The number of aliphatic hydroxyl groups excluding tert-OH is 1. The molecule has 0 radical (unpaired) electrons. The number of pyridine rings is 2. The van der Waals surface area contributed by atoms with Gasteiger partial charge in [-0.25, -0.2) is 9.67 Å². The molecule has 1 aliphatic heterocycles. The van der Waals surface area contributed by atoms with E-state index in [-0.39, 0.29) is 30.0 Å². The zero-order chi connectivity index (χ0) is 26.9. The molecule has 1 aliphatic rings. The Hall–Kier alpha value is -3.83. The molecule has 0 spiro atoms. The van der Waals surface area contributed by atoms with E-state index in [1.54, 1.807) is 21.8 Å². The summed E-state index contributed by atoms with van der Waals surface area (Å²) in [4.78, 5) is 47.3. The zero-order valence-corrected chi connectivity index (χ0v) is 21.5. The topological polar surface area (TPSA) is 159 Å². The van der Waals surface area contributed by atoms with Crippen LogP contribution in [0.1, 0.15) is 59.2 Å². The van der Waals surface area contributed by atoms with Crippen molar-refractivity contribution in [1.29, 1.82) is 0 Å². The molecule has 37 heavy (non-hydrogen) atoms. The smallest absolute Gasteiger partial charge is 0.253 e. The molecule has 0 aliphatic carbocycles. The Kier molecular flexibility index (Phi) is 7.55. The lowest BCUT2D eigenvalue weighted by atomic mass is 10.0. The SMILES string of the molecule is Cc1cc(C)c(CNC(=O)c2cc(C3=CCN(C(=O)[C@@H](N)CO)CC3)nc3c2cnn3C(C)C)c(=O)[nH]1. The predicted octanol–water partition coefficient (Wildman–Crippen LogP) is 1.18. The molecule has 0 unspecified atom stereocenters. The molecule has 0 aromatic carbocycles. The number of aliphatic hydroxyl groups is 1. The number of amides is 2. The third-order valence-electron chi connectivity index (χ3n) is 6.58. The number of nitrogens with one attached hydrogen (secondary N) is 2. The summed E-state index contributed by atoms with van der Waals surface area (Å²) in [6, 6.07) is 2.69. The Morgan fingerprint density at radius 2 is 2.03 bits per heavy atom. The van der Waals surface area contributed by atoms with Crippen molar-refractivity contribution in [2.24, 2.45) is 5.73 Å². The van der Waals surface area contributed by atoms with E-state index in [4.69, 9.17) is 10.7 Å². The van der Waals surface area contributed by atoms with E-state index in [2.05, 4.69) is 15.4 Å². The highest BCUT2D eigenvalue weighted by molar-refractivity contribution is 6.06. The maximum atomic E-state index is 13.4. The number of nitrogens with two attached hydrogens (primary N) is 1. The van der Waals surface area contributed by atoms with E-state index >= 15 is 0 Å². The summed E-state index contributed by atoms with van der Waals surface area (Å²) in [5.74, 6) is -0.640. The van der Waals surface area contributed by atoms with Crippen LogP contribution in [0.2, 0.25) is 0 Å². The van der Waals surface area contributed by atoms with Crippen LogP contribution < -0.4 is 16.6 Å². The number of nitrogens with zero attached hydrogens (tertiary/aromatic N) is 4. The Bertz CT molecular complexity index is 1440. The number of hydrogen-bond acceptors (Lipinski definition) is 7. The first kappa shape index (κ1) is 26.2. The second-order valence-corrected chi connectivity index (χ2v) is 9.65. The molecule has 11 nitrogen and oxygen atoms in total. The zero-order valence-electron chi connectivity index (χ0n) is 21.5. The molecule has 5 N–H and O–H groups in total. The Morgan fingerprint density at radius 3 is 2.65 bits per heavy atom. The molecule has 2 amide bonds. The summed E-state index contributed by atoms with van der Waals surface area (Å²) < 4.78 is 1.77. The van der Waals surface area contributed by atoms with Crippen molar-refractivity contribution in [2.75, 3.05) is 19.7 Å². The third kappa shape index (κ3) is 5.32. The van der Waals surface area contributed by atoms with Gasteiger partial charge in [0.2, 0.25) is 5.91 Å². The minimum absolute atomic E-state index is 0.0262. The quantitative estimate of drug-likeness (QED) is 0.374. The van der Waals surface area contributed by atoms with E-state index < -0.39 is 12.6 Å². The fraction of sp³-hybridized carbons (Fsp3) is 0.423. The molecule has 4 rings (SSSR count). The van der Waals surface area contributed by atoms with Crippen molar-refractivity contribution in [3.63, 3.8) is 0 Å². The number of aryl methyl sites for hydroxylation is 2. The van der Waals surface area contributed by atoms with Crippen LogP contribution >= 0.6 is 0 Å². The van der Waals surface area contributed by atoms with Crippen LogP contribution in [-0.4, -0.2) is 67.3 Å². The van der Waals surface area contributed by atoms with Crippen molar-refractivity contribution in [3.8, 4) is 0 Å². The molecule has 3 aromatic heterocycles. The van der Waals surface area contributed by atoms with E-state index in [9.17, 15) is 19.5 Å². The van der Waals surface area contributed by atoms with Gasteiger partial charge in [-0.3, -0.25) is 14.4 Å². The maximum Gasteiger partial charge on any atom is 0.253 e. The van der Waals surface area contributed by atoms with Gasteiger partial charge < -0.3 is 26.0 Å². The van der Waals surface area contributed by atoms with Crippen LogP contribution in [0.25, 0.3) is 16.6 Å². The summed E-state index contributed by atoms with van der Waals surface area (Å²) in [6.45, 7) is 8.07. The molecule has 11 heteroatoms. The summed E-state index contributed by atoms with van der Waals surface area (Å²) in [5.41, 5.74) is 10.1. The lowest BCUT2D eigenvalue weighted by Gasteiger charge is -2.28. The standard InChI is InChI=1S/C26H33N7O4/c1-14(2)33-23-20(12-29-33)18(24(35)28-11-19-15(3)9-16(4)30-25(19)36)10-22(31-23)17-5-7-32(8-6-17)26(37)21(27)13-34/h5,9-10,12,14,21,34H,6-8,11,13,27H2,1-4H3,(H,28,35)(H,30,36)/t21-/m0/s1. The molecule has 0 saturated carbocycles. The van der Waals surface area contributed by atoms with Gasteiger partial charge in [-0.1, -0.05) is 6.08 Å². The minimum Gasteiger partial charge on any atom is -0.394 e. The van der Waals surface area contributed by atoms with E-state index in [1.165, 1.54) is 0 Å². The molecule has 0 fully saturated rings. The molecular weight excluding hydrogens is 474 g/mol. The van der Waals surface area contributed by atoms with Crippen LogP contribution in [0.4, 0.5) is 0 Å². The van der Waals surface area contributed by atoms with Gasteiger partial charge in [-0.05, 0) is 57.4 Å². The average molecular weight is 508 g/mol. The van der Waals surface area contributed by atoms with E-state index in [0.29, 0.717) is 47.4 Å². The monoisotopic (exact) mass is 507 g/mol. The lowest BCUT2D eigenvalue weighted by molar-refractivity contribution is -0.133. The Labute approximate surface area is 214 Å². The highest BCUT2D eigenvalue weighted by Crippen LogP contribution is 2.27. The number of aromatic amines is 1. The summed E-state index contributed by atoms with van der Waals surface area (Å²) >= 11 is 0. The van der Waals surface area contributed by atoms with Crippen molar-refractivity contribution >= 4 is 28.4 Å². The fourth-order valence-electron chi connectivity index (χ4n) is 4.53. The molecule has 196 valence electrons. The van der Waals surface area contributed by atoms with Gasteiger partial charge in [-0.15, -0.1) is 0 Å². The van der Waals surface area contributed by atoms with Crippen molar-refractivity contribution < 1.29 is 14.7 Å². The number of aromatic nitrogens is 4. The molecule has 0 bridgehead atoms. The molecular formula is C26H33N7O4. The number of hydrogen-bond donors (Lipinski definition) is 4. The van der Waals surface area contributed by atoms with Gasteiger partial charge in [0.05, 0.1) is 29.4 Å². The average Bonchev–Trinajstić information content (AvgIpc) is 3.31. The fourth-order valence-corrected chi connectivity index (χ4v) is 4.53. The molecule has 4 heterocycles. The van der Waals surface area contributed by atoms with Crippen LogP contribution in [0.3, 0.4) is 0 Å². The minimum atomic E-state index is -0.940. The van der Waals surface area contributed by atoms with Gasteiger partial charge >= 0.3 is 0 Å². The van der Waals surface area contributed by atoms with Gasteiger partial charge in [0.25, 0.3) is 11.5 Å². The largest absolute Gasteiger partial charge is 0.394 e. The Balaban J connectivity index is 1.67. The second kappa shape index (κ2) is 10.7. The maximum absolute atomic E-state index is 13.4. The van der Waals surface area contributed by atoms with Crippen molar-refractivity contribution in [2.45, 2.75) is 52.7 Å². The highest BCUT2D eigenvalue weighted by Gasteiger charge is 2.25. The third-order valence-corrected chi connectivity index (χ3v) is 6.58. The first-order valence-corrected chi connectivity index (χ1v) is 12.3. The number of rotatable bonds is 7. The number of carbonyl (C=O) groups is 2. The van der Waals surface area contributed by atoms with Crippen LogP contribution in [0, 0.1) is 13.8 Å². The Morgan fingerprint density at radius 1 is 1.27 bits per heavy atom. The lowest BCUT2D eigenvalue weighted by Crippen LogP contribution is -2.47. The van der Waals surface area contributed by atoms with Gasteiger partial charge in [0.1, 0.15) is 6.04 Å². The molecule has 1 atom stereocenters. The normalized spacial score (nSPS) is 14.7. The summed E-state index contributed by atoms with van der Waals surface area (Å²) in [5, 5.41) is 17.2. The van der Waals surface area contributed by atoms with Gasteiger partial charge in [-0.2, -0.15) is 5.10 Å². The van der Waals surface area contributed by atoms with Crippen molar-refractivity contribution in [3.05, 3.63) is 62.8 Å². The summed E-state index contributed by atoms with van der Waals surface area (Å²) in [6.07, 6.45) is 4.06. The predicted molar refractivity (Wildman–Crippen MR) is 140 cm³/mol. The van der Waals surface area contributed by atoms with E-state index in [0.717, 1.165) is 16.8 Å². The number of fused-ring (bicyclic) bond motifs is 1. The molecule has 0 saturated heterocycles. The first-order valence-electron chi connectivity index (χ1n) is 12.3. The van der Waals surface area contributed by atoms with Crippen LogP contribution in [0.5, 0.6) is 0 Å². The van der Waals surface area contributed by atoms with Crippen LogP contribution in [0.15, 0.2) is 29.2 Å². The van der Waals surface area contributed by atoms with Gasteiger partial charge in [0, 0.05) is 36.9 Å². The first-order chi connectivity index (χ1) is 17.6. The second-order valence-electron chi connectivity index (χ2n) is 9.65. The number of H-pyrrole nitrogens is 1. The highest BCUT2D eigenvalue weighted by atomic mass is 16.3. The van der Waals surface area contributed by atoms with Crippen LogP contribution in [-0.2, 0) is 11.3 Å². The van der Waals surface area contributed by atoms with E-state index in [1.807, 2.05) is 39.8 Å². The number of carbonyl (C=O) groups excluding carboxylic acids is 2. The molecule has 3 aromatic rings.